The second kappa shape index (κ2) is 9.69. The Morgan fingerprint density at radius 3 is 2.70 bits per heavy atom. The van der Waals surface area contributed by atoms with Gasteiger partial charge in [0.05, 0.1) is 27.6 Å². The summed E-state index contributed by atoms with van der Waals surface area (Å²) < 4.78 is 7.84. The Labute approximate surface area is 186 Å². The smallest absolute Gasteiger partial charge is 0.343 e. The molecule has 1 N–H and O–H groups in total. The first kappa shape index (κ1) is 21.7. The van der Waals surface area contributed by atoms with Crippen LogP contribution in [0.4, 0.5) is 0 Å². The first-order chi connectivity index (χ1) is 14.3. The van der Waals surface area contributed by atoms with E-state index in [-0.39, 0.29) is 12.5 Å². The summed E-state index contributed by atoms with van der Waals surface area (Å²) in [5, 5.41) is 8.69. The van der Waals surface area contributed by atoms with Crippen molar-refractivity contribution in [3.63, 3.8) is 0 Å². The molecule has 0 saturated heterocycles. The van der Waals surface area contributed by atoms with Crippen LogP contribution in [0.25, 0.3) is 0 Å². The van der Waals surface area contributed by atoms with Crippen LogP contribution in [0.3, 0.4) is 0 Å². The van der Waals surface area contributed by atoms with Gasteiger partial charge < -0.3 is 4.74 Å². The highest BCUT2D eigenvalue weighted by Crippen LogP contribution is 2.19. The quantitative estimate of drug-likeness (QED) is 0.242. The number of benzene rings is 2. The number of rotatable bonds is 6. The Morgan fingerprint density at radius 2 is 2.00 bits per heavy atom. The summed E-state index contributed by atoms with van der Waals surface area (Å²) in [5.74, 6) is -0.480. The van der Waals surface area contributed by atoms with Gasteiger partial charge in [-0.05, 0) is 65.7 Å². The van der Waals surface area contributed by atoms with Crippen molar-refractivity contribution in [3.05, 3.63) is 80.5 Å². The van der Waals surface area contributed by atoms with E-state index < -0.39 is 5.97 Å². The minimum atomic E-state index is -0.518. The molecule has 9 heteroatoms. The number of carbonyl (C=O) groups is 2. The lowest BCUT2D eigenvalue weighted by Gasteiger charge is -2.05. The molecule has 0 aliphatic heterocycles. The van der Waals surface area contributed by atoms with Crippen molar-refractivity contribution >= 4 is 45.6 Å². The van der Waals surface area contributed by atoms with Crippen LogP contribution in [0.15, 0.2) is 58.1 Å². The molecule has 0 aliphatic rings. The number of amides is 1. The van der Waals surface area contributed by atoms with E-state index in [2.05, 4.69) is 31.6 Å². The predicted molar refractivity (Wildman–Crippen MR) is 118 cm³/mol. The highest BCUT2D eigenvalue weighted by Gasteiger charge is 2.11. The summed E-state index contributed by atoms with van der Waals surface area (Å²) in [6.07, 6.45) is 1.46. The van der Waals surface area contributed by atoms with Crippen LogP contribution in [0.2, 0.25) is 5.02 Å². The Morgan fingerprint density at radius 1 is 1.23 bits per heavy atom. The van der Waals surface area contributed by atoms with Gasteiger partial charge in [-0.3, -0.25) is 9.48 Å². The van der Waals surface area contributed by atoms with E-state index in [9.17, 15) is 9.59 Å². The SMILES string of the molecule is Cc1nn(CC(=O)N/N=C/c2cccc(OC(=O)c3cccc(Cl)c3)c2)c(C)c1Br. The van der Waals surface area contributed by atoms with Gasteiger partial charge in [-0.25, -0.2) is 10.2 Å². The molecule has 3 aromatic rings. The van der Waals surface area contributed by atoms with E-state index in [0.717, 1.165) is 15.9 Å². The van der Waals surface area contributed by atoms with Crippen LogP contribution in [0.1, 0.15) is 27.3 Å². The molecular weight excluding hydrogens is 472 g/mol. The third-order valence-corrected chi connectivity index (χ3v) is 5.50. The molecule has 0 unspecified atom stereocenters. The molecule has 154 valence electrons. The minimum absolute atomic E-state index is 0.0485. The molecule has 3 rings (SSSR count). The minimum Gasteiger partial charge on any atom is -0.423 e. The average Bonchev–Trinajstić information content (AvgIpc) is 2.95. The van der Waals surface area contributed by atoms with Crippen LogP contribution < -0.4 is 10.2 Å². The number of hydrazone groups is 1. The van der Waals surface area contributed by atoms with E-state index in [1.807, 2.05) is 13.8 Å². The standard InChI is InChI=1S/C21H18BrClN4O3/c1-13-20(22)14(2)27(26-13)12-19(28)25-24-11-15-5-3-8-18(9-15)30-21(29)16-6-4-7-17(23)10-16/h3-11H,12H2,1-2H3,(H,25,28)/b24-11+. The molecule has 0 radical (unpaired) electrons. The summed E-state index contributed by atoms with van der Waals surface area (Å²) in [6.45, 7) is 3.78. The zero-order chi connectivity index (χ0) is 21.7. The second-order valence-corrected chi connectivity index (χ2v) is 7.64. The Balaban J connectivity index is 1.59. The van der Waals surface area contributed by atoms with Crippen molar-refractivity contribution in [2.45, 2.75) is 20.4 Å². The van der Waals surface area contributed by atoms with Crippen molar-refractivity contribution < 1.29 is 14.3 Å². The molecular formula is C21H18BrClN4O3. The van der Waals surface area contributed by atoms with Gasteiger partial charge in [0.1, 0.15) is 12.3 Å². The zero-order valence-electron chi connectivity index (χ0n) is 16.2. The number of hydrogen-bond acceptors (Lipinski definition) is 5. The molecule has 2 aromatic carbocycles. The molecule has 1 heterocycles. The van der Waals surface area contributed by atoms with E-state index in [0.29, 0.717) is 21.9 Å². The fourth-order valence-corrected chi connectivity index (χ4v) is 3.09. The lowest BCUT2D eigenvalue weighted by atomic mass is 10.2. The van der Waals surface area contributed by atoms with Crippen molar-refractivity contribution in [3.8, 4) is 5.75 Å². The maximum Gasteiger partial charge on any atom is 0.343 e. The van der Waals surface area contributed by atoms with E-state index in [4.69, 9.17) is 16.3 Å². The molecule has 0 bridgehead atoms. The number of nitrogens with zero attached hydrogens (tertiary/aromatic N) is 3. The van der Waals surface area contributed by atoms with Crippen LogP contribution in [-0.2, 0) is 11.3 Å². The fraction of sp³-hybridized carbons (Fsp3) is 0.143. The highest BCUT2D eigenvalue weighted by molar-refractivity contribution is 9.10. The summed E-state index contributed by atoms with van der Waals surface area (Å²) >= 11 is 9.33. The summed E-state index contributed by atoms with van der Waals surface area (Å²) in [4.78, 5) is 24.3. The van der Waals surface area contributed by atoms with E-state index in [1.165, 1.54) is 12.3 Å². The molecule has 0 fully saturated rings. The van der Waals surface area contributed by atoms with Crippen molar-refractivity contribution in [1.82, 2.24) is 15.2 Å². The summed E-state index contributed by atoms with van der Waals surface area (Å²) in [6, 6.07) is 13.3. The van der Waals surface area contributed by atoms with Gasteiger partial charge in [0.15, 0.2) is 0 Å². The van der Waals surface area contributed by atoms with Crippen LogP contribution in [0.5, 0.6) is 5.75 Å². The van der Waals surface area contributed by atoms with Crippen molar-refractivity contribution in [2.75, 3.05) is 0 Å². The Kier molecular flexibility index (Phi) is 7.02. The lowest BCUT2D eigenvalue weighted by molar-refractivity contribution is -0.121. The van der Waals surface area contributed by atoms with Gasteiger partial charge in [-0.1, -0.05) is 29.8 Å². The van der Waals surface area contributed by atoms with E-state index >= 15 is 0 Å². The zero-order valence-corrected chi connectivity index (χ0v) is 18.6. The largest absolute Gasteiger partial charge is 0.423 e. The summed E-state index contributed by atoms with van der Waals surface area (Å²) in [7, 11) is 0. The van der Waals surface area contributed by atoms with Gasteiger partial charge in [0.25, 0.3) is 5.91 Å². The fourth-order valence-electron chi connectivity index (χ4n) is 2.62. The monoisotopic (exact) mass is 488 g/mol. The van der Waals surface area contributed by atoms with Gasteiger partial charge in [-0.15, -0.1) is 0 Å². The maximum atomic E-state index is 12.2. The molecule has 0 atom stereocenters. The molecule has 0 spiro atoms. The van der Waals surface area contributed by atoms with Crippen molar-refractivity contribution in [1.29, 1.82) is 0 Å². The number of aromatic nitrogens is 2. The molecule has 0 aliphatic carbocycles. The Bertz CT molecular complexity index is 1130. The number of nitrogens with one attached hydrogen (secondary N) is 1. The molecule has 0 saturated carbocycles. The lowest BCUT2D eigenvalue weighted by Crippen LogP contribution is -2.24. The van der Waals surface area contributed by atoms with Crippen LogP contribution in [0, 0.1) is 13.8 Å². The van der Waals surface area contributed by atoms with Gasteiger partial charge >= 0.3 is 5.97 Å². The maximum absolute atomic E-state index is 12.2. The normalized spacial score (nSPS) is 10.9. The summed E-state index contributed by atoms with van der Waals surface area (Å²) in [5.41, 5.74) is 5.14. The number of halogens is 2. The number of esters is 1. The Hall–Kier alpha value is -2.97. The molecule has 1 amide bonds. The third kappa shape index (κ3) is 5.55. The first-order valence-corrected chi connectivity index (χ1v) is 10.1. The van der Waals surface area contributed by atoms with Crippen LogP contribution >= 0.6 is 27.5 Å². The third-order valence-electron chi connectivity index (χ3n) is 4.12. The average molecular weight is 490 g/mol. The van der Waals surface area contributed by atoms with Gasteiger partial charge in [0, 0.05) is 5.02 Å². The van der Waals surface area contributed by atoms with Gasteiger partial charge in [-0.2, -0.15) is 10.2 Å². The predicted octanol–water partition coefficient (Wildman–Crippen LogP) is 4.29. The second-order valence-electron chi connectivity index (χ2n) is 6.41. The van der Waals surface area contributed by atoms with Gasteiger partial charge in [0.2, 0.25) is 0 Å². The van der Waals surface area contributed by atoms with Crippen LogP contribution in [-0.4, -0.2) is 27.9 Å². The topological polar surface area (TPSA) is 85.6 Å². The first-order valence-electron chi connectivity index (χ1n) is 8.92. The molecule has 7 nitrogen and oxygen atoms in total. The number of ether oxygens (including phenoxy) is 1. The number of carbonyl (C=O) groups excluding carboxylic acids is 2. The molecule has 1 aromatic heterocycles. The number of aryl methyl sites for hydroxylation is 1. The molecule has 30 heavy (non-hydrogen) atoms. The number of hydrogen-bond donors (Lipinski definition) is 1. The highest BCUT2D eigenvalue weighted by atomic mass is 79.9. The van der Waals surface area contributed by atoms with E-state index in [1.54, 1.807) is 47.1 Å². The van der Waals surface area contributed by atoms with Crippen molar-refractivity contribution in [2.24, 2.45) is 5.10 Å².